The van der Waals surface area contributed by atoms with E-state index in [0.29, 0.717) is 5.92 Å². The highest BCUT2D eigenvalue weighted by Crippen LogP contribution is 2.31. The van der Waals surface area contributed by atoms with Crippen molar-refractivity contribution < 1.29 is 0 Å². The van der Waals surface area contributed by atoms with Gasteiger partial charge in [-0.05, 0) is 43.8 Å². The average molecular weight is 166 g/mol. The zero-order chi connectivity index (χ0) is 9.72. The third-order valence-electron chi connectivity index (χ3n) is 2.67. The molecule has 1 rings (SSSR count). The summed E-state index contributed by atoms with van der Waals surface area (Å²) < 4.78 is 0. The predicted molar refractivity (Wildman–Crippen MR) is 57.3 cm³/mol. The first-order chi connectivity index (χ1) is 5.63. The maximum absolute atomic E-state index is 4.07. The molecule has 0 heterocycles. The van der Waals surface area contributed by atoms with Gasteiger partial charge in [0.15, 0.2) is 0 Å². The molecule has 0 N–H and O–H groups in total. The Morgan fingerprint density at radius 2 is 1.75 bits per heavy atom. The predicted octanol–water partition coefficient (Wildman–Crippen LogP) is 4.34. The van der Waals surface area contributed by atoms with Crippen LogP contribution in [0.3, 0.4) is 0 Å². The molecular weight excluding hydrogens is 144 g/mol. The summed E-state index contributed by atoms with van der Waals surface area (Å²) in [6, 6.07) is 0. The Morgan fingerprint density at radius 3 is 2.17 bits per heavy atom. The summed E-state index contributed by atoms with van der Waals surface area (Å²) in [6.45, 7) is 14.7. The molecule has 0 aromatic heterocycles. The molecule has 0 aromatic rings. The third kappa shape index (κ3) is 2.51. The fourth-order valence-electron chi connectivity index (χ4n) is 1.44. The Kier molecular flexibility index (Phi) is 4.96. The van der Waals surface area contributed by atoms with Gasteiger partial charge in [-0.15, -0.1) is 0 Å². The Balaban J connectivity index is 0.000000561. The maximum atomic E-state index is 4.07. The topological polar surface area (TPSA) is 0 Å². The van der Waals surface area contributed by atoms with Crippen molar-refractivity contribution in [2.24, 2.45) is 5.92 Å². The molecule has 1 atom stereocenters. The molecule has 0 bridgehead atoms. The second-order valence-corrected chi connectivity index (χ2v) is 3.37. The SMILES string of the molecule is C=C1C(C)=C(C)CCC1C.CC. The van der Waals surface area contributed by atoms with Crippen molar-refractivity contribution in [3.05, 3.63) is 23.3 Å². The minimum atomic E-state index is 0.712. The molecule has 0 radical (unpaired) electrons. The van der Waals surface area contributed by atoms with Gasteiger partial charge in [0.25, 0.3) is 0 Å². The molecule has 0 fully saturated rings. The molecule has 1 aliphatic carbocycles. The zero-order valence-electron chi connectivity index (χ0n) is 9.20. The van der Waals surface area contributed by atoms with Crippen LogP contribution in [0, 0.1) is 5.92 Å². The number of hydrogen-bond acceptors (Lipinski definition) is 0. The van der Waals surface area contributed by atoms with E-state index in [1.165, 1.54) is 29.6 Å². The molecule has 0 saturated carbocycles. The molecule has 12 heavy (non-hydrogen) atoms. The van der Waals surface area contributed by atoms with E-state index in [4.69, 9.17) is 0 Å². The smallest absolute Gasteiger partial charge is 0.0191 e. The van der Waals surface area contributed by atoms with Gasteiger partial charge in [0.2, 0.25) is 0 Å². The number of rotatable bonds is 0. The van der Waals surface area contributed by atoms with E-state index in [-0.39, 0.29) is 0 Å². The molecule has 70 valence electrons. The molecule has 0 amide bonds. The Bertz CT molecular complexity index is 184. The lowest BCUT2D eigenvalue weighted by atomic mass is 9.83. The first kappa shape index (κ1) is 11.5. The van der Waals surface area contributed by atoms with E-state index in [2.05, 4.69) is 27.4 Å². The van der Waals surface area contributed by atoms with Crippen LogP contribution in [0.1, 0.15) is 47.5 Å². The van der Waals surface area contributed by atoms with Gasteiger partial charge in [-0.25, -0.2) is 0 Å². The van der Waals surface area contributed by atoms with Crippen molar-refractivity contribution in [2.45, 2.75) is 47.5 Å². The fraction of sp³-hybridized carbons (Fsp3) is 0.667. The highest BCUT2D eigenvalue weighted by atomic mass is 14.2. The summed E-state index contributed by atoms with van der Waals surface area (Å²) in [5.74, 6) is 0.712. The van der Waals surface area contributed by atoms with E-state index in [9.17, 15) is 0 Å². The quantitative estimate of drug-likeness (QED) is 0.502. The Labute approximate surface area is 77.4 Å². The van der Waals surface area contributed by atoms with Gasteiger partial charge >= 0.3 is 0 Å². The number of hydrogen-bond donors (Lipinski definition) is 0. The van der Waals surface area contributed by atoms with Crippen molar-refractivity contribution in [3.63, 3.8) is 0 Å². The minimum Gasteiger partial charge on any atom is -0.0953 e. The summed E-state index contributed by atoms with van der Waals surface area (Å²) >= 11 is 0. The Morgan fingerprint density at radius 1 is 1.25 bits per heavy atom. The first-order valence-corrected chi connectivity index (χ1v) is 4.98. The van der Waals surface area contributed by atoms with Gasteiger partial charge in [0, 0.05) is 0 Å². The van der Waals surface area contributed by atoms with E-state index < -0.39 is 0 Å². The van der Waals surface area contributed by atoms with Crippen molar-refractivity contribution in [3.8, 4) is 0 Å². The molecule has 0 aliphatic heterocycles. The summed E-state index contributed by atoms with van der Waals surface area (Å²) in [7, 11) is 0. The van der Waals surface area contributed by atoms with Crippen molar-refractivity contribution >= 4 is 0 Å². The van der Waals surface area contributed by atoms with Gasteiger partial charge in [0.05, 0.1) is 0 Å². The monoisotopic (exact) mass is 166 g/mol. The molecule has 0 saturated heterocycles. The van der Waals surface area contributed by atoms with Crippen LogP contribution in [0.2, 0.25) is 0 Å². The largest absolute Gasteiger partial charge is 0.0953 e. The van der Waals surface area contributed by atoms with Gasteiger partial charge in [0.1, 0.15) is 0 Å². The highest BCUT2D eigenvalue weighted by Gasteiger charge is 2.15. The summed E-state index contributed by atoms with van der Waals surface area (Å²) in [5, 5.41) is 0. The standard InChI is InChI=1S/C10H16.C2H6/c1-7-5-6-8(2)10(4)9(7)3;1-2/h7H,3,5-6H2,1-2,4H3;1-2H3. The zero-order valence-corrected chi connectivity index (χ0v) is 9.20. The van der Waals surface area contributed by atoms with Crippen LogP contribution in [0.25, 0.3) is 0 Å². The molecule has 1 aliphatic rings. The second-order valence-electron chi connectivity index (χ2n) is 3.37. The van der Waals surface area contributed by atoms with Crippen LogP contribution >= 0.6 is 0 Å². The van der Waals surface area contributed by atoms with Crippen LogP contribution in [-0.4, -0.2) is 0 Å². The van der Waals surface area contributed by atoms with Crippen LogP contribution in [-0.2, 0) is 0 Å². The van der Waals surface area contributed by atoms with Gasteiger partial charge in [-0.1, -0.05) is 32.9 Å². The summed E-state index contributed by atoms with van der Waals surface area (Å²) in [6.07, 6.45) is 2.56. The summed E-state index contributed by atoms with van der Waals surface area (Å²) in [5.41, 5.74) is 4.32. The lowest BCUT2D eigenvalue weighted by Crippen LogP contribution is -2.07. The maximum Gasteiger partial charge on any atom is -0.0191 e. The van der Waals surface area contributed by atoms with E-state index in [1.807, 2.05) is 13.8 Å². The van der Waals surface area contributed by atoms with Crippen LogP contribution in [0.5, 0.6) is 0 Å². The Hall–Kier alpha value is -0.520. The minimum absolute atomic E-state index is 0.712. The average Bonchev–Trinajstić information content (AvgIpc) is 2.12. The molecule has 0 aromatic carbocycles. The second kappa shape index (κ2) is 5.18. The third-order valence-corrected chi connectivity index (χ3v) is 2.67. The fourth-order valence-corrected chi connectivity index (χ4v) is 1.44. The van der Waals surface area contributed by atoms with Gasteiger partial charge < -0.3 is 0 Å². The van der Waals surface area contributed by atoms with Crippen LogP contribution < -0.4 is 0 Å². The van der Waals surface area contributed by atoms with E-state index in [0.717, 1.165) is 0 Å². The molecule has 0 heteroatoms. The molecular formula is C12H22. The number of allylic oxidation sites excluding steroid dienone is 3. The summed E-state index contributed by atoms with van der Waals surface area (Å²) in [4.78, 5) is 0. The van der Waals surface area contributed by atoms with Crippen LogP contribution in [0.15, 0.2) is 23.3 Å². The van der Waals surface area contributed by atoms with Crippen molar-refractivity contribution in [1.29, 1.82) is 0 Å². The lowest BCUT2D eigenvalue weighted by Gasteiger charge is -2.23. The molecule has 1 unspecified atom stereocenters. The van der Waals surface area contributed by atoms with Gasteiger partial charge in [-0.2, -0.15) is 0 Å². The first-order valence-electron chi connectivity index (χ1n) is 4.98. The van der Waals surface area contributed by atoms with Crippen LogP contribution in [0.4, 0.5) is 0 Å². The highest BCUT2D eigenvalue weighted by molar-refractivity contribution is 5.34. The van der Waals surface area contributed by atoms with Crippen molar-refractivity contribution in [1.82, 2.24) is 0 Å². The molecule has 0 nitrogen and oxygen atoms in total. The van der Waals surface area contributed by atoms with E-state index in [1.54, 1.807) is 0 Å². The van der Waals surface area contributed by atoms with Gasteiger partial charge in [-0.3, -0.25) is 0 Å². The lowest BCUT2D eigenvalue weighted by molar-refractivity contribution is 0.590. The normalized spacial score (nSPS) is 23.4. The molecule has 0 spiro atoms. The van der Waals surface area contributed by atoms with Crippen molar-refractivity contribution in [2.75, 3.05) is 0 Å². The van der Waals surface area contributed by atoms with E-state index >= 15 is 0 Å².